The third kappa shape index (κ3) is 4.84. The van der Waals surface area contributed by atoms with Gasteiger partial charge in [-0.05, 0) is 35.9 Å². The van der Waals surface area contributed by atoms with E-state index >= 15 is 0 Å². The van der Waals surface area contributed by atoms with Gasteiger partial charge in [-0.1, -0.05) is 17.8 Å². The number of rotatable bonds is 4. The van der Waals surface area contributed by atoms with Crippen molar-refractivity contribution in [3.63, 3.8) is 0 Å². The van der Waals surface area contributed by atoms with Crippen LogP contribution in [0, 0.1) is 0 Å². The van der Waals surface area contributed by atoms with Gasteiger partial charge in [-0.2, -0.15) is 26.3 Å². The summed E-state index contributed by atoms with van der Waals surface area (Å²) < 4.78 is 92.5. The van der Waals surface area contributed by atoms with Gasteiger partial charge in [0.2, 0.25) is 0 Å². The maximum absolute atomic E-state index is 13.7. The standard InChI is InChI=1S/C19H12F6O4S/c20-18(21,22)16-10(2-6-15(26)27)1-5-14(17(16)19(23,24)25)30-11-3-4-12-13(9-11)29-8-7-28-12/h1-6,9H,7-8H2,(H,26,27)/b6-2+. The van der Waals surface area contributed by atoms with Crippen molar-refractivity contribution in [3.8, 4) is 11.5 Å². The number of carboxylic acids is 1. The Morgan fingerprint density at radius 2 is 1.57 bits per heavy atom. The molecule has 0 amide bonds. The zero-order chi connectivity index (χ0) is 22.1. The molecule has 11 heteroatoms. The highest BCUT2D eigenvalue weighted by Gasteiger charge is 2.46. The van der Waals surface area contributed by atoms with E-state index in [-0.39, 0.29) is 17.3 Å². The van der Waals surface area contributed by atoms with Gasteiger partial charge in [-0.15, -0.1) is 0 Å². The van der Waals surface area contributed by atoms with Crippen LogP contribution in [0.1, 0.15) is 16.7 Å². The average molecular weight is 450 g/mol. The van der Waals surface area contributed by atoms with Gasteiger partial charge in [0.05, 0.1) is 11.1 Å². The second kappa shape index (κ2) is 8.13. The molecule has 0 aliphatic carbocycles. The topological polar surface area (TPSA) is 55.8 Å². The van der Waals surface area contributed by atoms with E-state index in [1.165, 1.54) is 18.2 Å². The number of hydrogen-bond donors (Lipinski definition) is 1. The van der Waals surface area contributed by atoms with Crippen molar-refractivity contribution in [1.82, 2.24) is 0 Å². The molecule has 0 saturated carbocycles. The molecule has 0 radical (unpaired) electrons. The Morgan fingerprint density at radius 3 is 2.17 bits per heavy atom. The number of fused-ring (bicyclic) bond motifs is 1. The number of alkyl halides is 6. The fourth-order valence-corrected chi connectivity index (χ4v) is 3.80. The van der Waals surface area contributed by atoms with Crippen LogP contribution in [0.4, 0.5) is 26.3 Å². The van der Waals surface area contributed by atoms with Crippen molar-refractivity contribution in [1.29, 1.82) is 0 Å². The molecule has 0 aromatic heterocycles. The first-order valence-electron chi connectivity index (χ1n) is 8.26. The van der Waals surface area contributed by atoms with Crippen LogP contribution >= 0.6 is 11.8 Å². The zero-order valence-electron chi connectivity index (χ0n) is 14.8. The van der Waals surface area contributed by atoms with E-state index in [2.05, 4.69) is 0 Å². The van der Waals surface area contributed by atoms with Crippen molar-refractivity contribution < 1.29 is 45.7 Å². The molecule has 160 valence electrons. The fraction of sp³-hybridized carbons (Fsp3) is 0.211. The Morgan fingerprint density at radius 1 is 0.933 bits per heavy atom. The Balaban J connectivity index is 2.14. The lowest BCUT2D eigenvalue weighted by molar-refractivity contribution is -0.163. The Bertz CT molecular complexity index is 998. The van der Waals surface area contributed by atoms with Crippen molar-refractivity contribution >= 4 is 23.8 Å². The fourth-order valence-electron chi connectivity index (χ4n) is 2.79. The summed E-state index contributed by atoms with van der Waals surface area (Å²) in [6.07, 6.45) is -9.88. The molecule has 0 bridgehead atoms. The highest BCUT2D eigenvalue weighted by molar-refractivity contribution is 7.99. The molecule has 30 heavy (non-hydrogen) atoms. The Hall–Kier alpha value is -2.82. The van der Waals surface area contributed by atoms with Gasteiger partial charge in [-0.3, -0.25) is 0 Å². The molecule has 0 spiro atoms. The van der Waals surface area contributed by atoms with Gasteiger partial charge in [0.1, 0.15) is 13.2 Å². The average Bonchev–Trinajstić information content (AvgIpc) is 2.64. The smallest absolute Gasteiger partial charge is 0.418 e. The number of ether oxygens (including phenoxy) is 2. The maximum atomic E-state index is 13.7. The van der Waals surface area contributed by atoms with Crippen LogP contribution in [-0.4, -0.2) is 24.3 Å². The molecule has 3 rings (SSSR count). The highest BCUT2D eigenvalue weighted by Crippen LogP contribution is 2.48. The first-order chi connectivity index (χ1) is 14.0. The van der Waals surface area contributed by atoms with Crippen LogP contribution < -0.4 is 9.47 Å². The highest BCUT2D eigenvalue weighted by atomic mass is 32.2. The van der Waals surface area contributed by atoms with Crippen molar-refractivity contribution in [2.75, 3.05) is 13.2 Å². The monoisotopic (exact) mass is 450 g/mol. The van der Waals surface area contributed by atoms with E-state index in [1.54, 1.807) is 0 Å². The van der Waals surface area contributed by atoms with Gasteiger partial charge in [-0.25, -0.2) is 4.79 Å². The van der Waals surface area contributed by atoms with Gasteiger partial charge in [0.25, 0.3) is 0 Å². The number of halogens is 6. The van der Waals surface area contributed by atoms with Gasteiger partial charge >= 0.3 is 18.3 Å². The summed E-state index contributed by atoms with van der Waals surface area (Å²) in [7, 11) is 0. The van der Waals surface area contributed by atoms with Gasteiger partial charge < -0.3 is 14.6 Å². The van der Waals surface area contributed by atoms with E-state index < -0.39 is 39.9 Å². The summed E-state index contributed by atoms with van der Waals surface area (Å²) in [6, 6.07) is 5.92. The third-order valence-electron chi connectivity index (χ3n) is 3.91. The van der Waals surface area contributed by atoms with Crippen LogP contribution in [0.5, 0.6) is 11.5 Å². The van der Waals surface area contributed by atoms with Crippen molar-refractivity contribution in [3.05, 3.63) is 53.1 Å². The molecule has 0 saturated heterocycles. The first kappa shape index (κ1) is 21.9. The second-order valence-electron chi connectivity index (χ2n) is 5.98. The van der Waals surface area contributed by atoms with E-state index in [4.69, 9.17) is 14.6 Å². The SMILES string of the molecule is O=C(O)/C=C/c1ccc(Sc2ccc3c(c2)OCCO3)c(C(F)(F)F)c1C(F)(F)F. The molecular formula is C19H12F6O4S. The van der Waals surface area contributed by atoms with E-state index in [9.17, 15) is 31.1 Å². The molecule has 0 unspecified atom stereocenters. The predicted octanol–water partition coefficient (Wildman–Crippen LogP) is 5.74. The maximum Gasteiger partial charge on any atom is 0.418 e. The van der Waals surface area contributed by atoms with Crippen LogP contribution in [-0.2, 0) is 17.1 Å². The summed E-state index contributed by atoms with van der Waals surface area (Å²) in [6.45, 7) is 0.537. The van der Waals surface area contributed by atoms with Crippen molar-refractivity contribution in [2.24, 2.45) is 0 Å². The molecule has 4 nitrogen and oxygen atoms in total. The largest absolute Gasteiger partial charge is 0.486 e. The Labute approximate surface area is 170 Å². The van der Waals surface area contributed by atoms with Crippen LogP contribution in [0.2, 0.25) is 0 Å². The van der Waals surface area contributed by atoms with E-state index in [1.807, 2.05) is 0 Å². The summed E-state index contributed by atoms with van der Waals surface area (Å²) >= 11 is 0.481. The van der Waals surface area contributed by atoms with Crippen LogP contribution in [0.3, 0.4) is 0 Å². The summed E-state index contributed by atoms with van der Waals surface area (Å²) in [5.74, 6) is -0.935. The molecule has 0 fully saturated rings. The number of carbonyl (C=O) groups is 1. The summed E-state index contributed by atoms with van der Waals surface area (Å²) in [5.41, 5.74) is -4.73. The van der Waals surface area contributed by atoms with Gasteiger partial charge in [0.15, 0.2) is 11.5 Å². The quantitative estimate of drug-likeness (QED) is 0.475. The molecule has 0 atom stereocenters. The Kier molecular flexibility index (Phi) is 5.93. The molecule has 1 heterocycles. The number of hydrogen-bond acceptors (Lipinski definition) is 4. The number of aliphatic carboxylic acids is 1. The summed E-state index contributed by atoms with van der Waals surface area (Å²) in [5, 5.41) is 8.63. The van der Waals surface area contributed by atoms with Crippen LogP contribution in [0.25, 0.3) is 6.08 Å². The molecule has 2 aromatic rings. The molecule has 2 aromatic carbocycles. The normalized spacial score (nSPS) is 14.2. The lowest BCUT2D eigenvalue weighted by Crippen LogP contribution is -2.19. The van der Waals surface area contributed by atoms with Crippen molar-refractivity contribution in [2.45, 2.75) is 22.1 Å². The minimum absolute atomic E-state index is 0.215. The van der Waals surface area contributed by atoms with E-state index in [0.29, 0.717) is 36.3 Å². The van der Waals surface area contributed by atoms with Gasteiger partial charge in [0, 0.05) is 15.9 Å². The minimum Gasteiger partial charge on any atom is -0.486 e. The van der Waals surface area contributed by atoms with Crippen LogP contribution in [0.15, 0.2) is 46.2 Å². The number of carboxylic acid groups (broad SMARTS) is 1. The zero-order valence-corrected chi connectivity index (χ0v) is 15.6. The molecule has 1 aliphatic rings. The second-order valence-corrected chi connectivity index (χ2v) is 7.09. The van der Waals surface area contributed by atoms with E-state index in [0.717, 1.165) is 12.1 Å². The first-order valence-corrected chi connectivity index (χ1v) is 9.08. The molecular weight excluding hydrogens is 438 g/mol. The lowest BCUT2D eigenvalue weighted by atomic mass is 9.99. The predicted molar refractivity (Wildman–Crippen MR) is 94.7 cm³/mol. The third-order valence-corrected chi connectivity index (χ3v) is 4.96. The number of benzene rings is 2. The lowest BCUT2D eigenvalue weighted by Gasteiger charge is -2.22. The minimum atomic E-state index is -5.37. The summed E-state index contributed by atoms with van der Waals surface area (Å²) in [4.78, 5) is 10.2. The molecule has 1 aliphatic heterocycles. The molecule has 1 N–H and O–H groups in total.